The topological polar surface area (TPSA) is 38.3 Å². The summed E-state index contributed by atoms with van der Waals surface area (Å²) in [6.07, 6.45) is -4.66. The number of hydrogen-bond acceptors (Lipinski definition) is 2. The zero-order valence-corrected chi connectivity index (χ0v) is 11.1. The summed E-state index contributed by atoms with van der Waals surface area (Å²) in [5.41, 5.74) is 0.372. The van der Waals surface area contributed by atoms with Crippen molar-refractivity contribution in [2.24, 2.45) is 5.41 Å². The number of amides is 1. The number of hydrogen-bond donors (Lipinski definition) is 1. The second-order valence-electron chi connectivity index (χ2n) is 4.71. The lowest BCUT2D eigenvalue weighted by atomic mass is 9.79. The molecule has 106 valence electrons. The van der Waals surface area contributed by atoms with Crippen molar-refractivity contribution in [2.75, 3.05) is 13.7 Å². The van der Waals surface area contributed by atoms with Crippen molar-refractivity contribution < 1.29 is 22.7 Å². The summed E-state index contributed by atoms with van der Waals surface area (Å²) >= 11 is 0. The highest BCUT2D eigenvalue weighted by atomic mass is 19.4. The van der Waals surface area contributed by atoms with E-state index in [9.17, 15) is 18.0 Å². The minimum absolute atomic E-state index is 0.0863. The van der Waals surface area contributed by atoms with Crippen molar-refractivity contribution in [1.82, 2.24) is 5.32 Å². The largest absolute Gasteiger partial charge is 0.471 e. The van der Waals surface area contributed by atoms with Crippen LogP contribution in [0.4, 0.5) is 13.2 Å². The number of halogens is 3. The lowest BCUT2D eigenvalue weighted by Gasteiger charge is -2.33. The van der Waals surface area contributed by atoms with Crippen molar-refractivity contribution in [2.45, 2.75) is 39.5 Å². The van der Waals surface area contributed by atoms with Crippen LogP contribution in [0.3, 0.4) is 0 Å². The zero-order chi connectivity index (χ0) is 14.6. The molecule has 0 aromatic carbocycles. The number of carbonyl (C=O) groups is 1. The molecule has 0 aliphatic rings. The highest BCUT2D eigenvalue weighted by Crippen LogP contribution is 2.32. The van der Waals surface area contributed by atoms with Gasteiger partial charge in [-0.05, 0) is 13.3 Å². The molecule has 0 aliphatic heterocycles. The zero-order valence-electron chi connectivity index (χ0n) is 11.1. The summed E-state index contributed by atoms with van der Waals surface area (Å²) in [7, 11) is 1.56. The van der Waals surface area contributed by atoms with Gasteiger partial charge in [0, 0.05) is 19.1 Å². The Hall–Kier alpha value is -1.04. The van der Waals surface area contributed by atoms with Crippen LogP contribution in [0.5, 0.6) is 0 Å². The van der Waals surface area contributed by atoms with E-state index < -0.39 is 12.1 Å². The van der Waals surface area contributed by atoms with Crippen LogP contribution >= 0.6 is 0 Å². The van der Waals surface area contributed by atoms with Gasteiger partial charge in [-0.3, -0.25) is 4.79 Å². The van der Waals surface area contributed by atoms with E-state index in [1.807, 2.05) is 26.1 Å². The quantitative estimate of drug-likeness (QED) is 0.751. The fourth-order valence-electron chi connectivity index (χ4n) is 1.33. The van der Waals surface area contributed by atoms with Gasteiger partial charge in [0.15, 0.2) is 0 Å². The van der Waals surface area contributed by atoms with Gasteiger partial charge in [0.05, 0.1) is 6.10 Å². The van der Waals surface area contributed by atoms with Crippen LogP contribution in [-0.4, -0.2) is 31.8 Å². The summed E-state index contributed by atoms with van der Waals surface area (Å²) in [5, 5.41) is 1.82. The van der Waals surface area contributed by atoms with E-state index in [1.165, 1.54) is 0 Å². The smallest absolute Gasteiger partial charge is 0.381 e. The van der Waals surface area contributed by atoms with Crippen LogP contribution in [0.25, 0.3) is 0 Å². The molecule has 0 saturated carbocycles. The molecule has 0 fully saturated rings. The van der Waals surface area contributed by atoms with E-state index in [4.69, 9.17) is 4.74 Å². The molecule has 0 saturated heterocycles. The molecular formula is C12H20F3NO2. The lowest BCUT2D eigenvalue weighted by molar-refractivity contribution is -0.173. The standard InChI is InChI=1S/C12H20F3NO2/c1-8(11(3,4)9(2)18-5)6-7-16-10(17)12(13,14)15/h9H,1,6-7H2,2-5H3,(H,16,17)/t9-/m0/s1. The van der Waals surface area contributed by atoms with E-state index in [1.54, 1.807) is 7.11 Å². The van der Waals surface area contributed by atoms with Gasteiger partial charge in [0.25, 0.3) is 0 Å². The summed E-state index contributed by atoms with van der Waals surface area (Å²) in [6.45, 7) is 9.41. The Morgan fingerprint density at radius 2 is 1.89 bits per heavy atom. The fraction of sp³-hybridized carbons (Fsp3) is 0.750. The highest BCUT2D eigenvalue weighted by Gasteiger charge is 2.38. The molecule has 1 amide bonds. The minimum atomic E-state index is -4.84. The Kier molecular flexibility index (Phi) is 5.86. The average molecular weight is 267 g/mol. The first-order valence-electron chi connectivity index (χ1n) is 5.59. The van der Waals surface area contributed by atoms with Gasteiger partial charge in [-0.1, -0.05) is 26.0 Å². The van der Waals surface area contributed by atoms with Gasteiger partial charge in [0.1, 0.15) is 0 Å². The number of methoxy groups -OCH3 is 1. The predicted molar refractivity (Wildman–Crippen MR) is 63.1 cm³/mol. The van der Waals surface area contributed by atoms with Crippen molar-refractivity contribution in [1.29, 1.82) is 0 Å². The normalized spacial score (nSPS) is 14.2. The van der Waals surface area contributed by atoms with E-state index in [0.717, 1.165) is 5.57 Å². The SMILES string of the molecule is C=C(CCNC(=O)C(F)(F)F)C(C)(C)[C@H](C)OC. The van der Waals surface area contributed by atoms with Gasteiger partial charge in [-0.2, -0.15) is 13.2 Å². The number of alkyl halides is 3. The molecule has 6 heteroatoms. The molecule has 0 aromatic rings. The van der Waals surface area contributed by atoms with Crippen molar-refractivity contribution in [3.63, 3.8) is 0 Å². The molecule has 0 aromatic heterocycles. The maximum Gasteiger partial charge on any atom is 0.471 e. The molecule has 18 heavy (non-hydrogen) atoms. The minimum Gasteiger partial charge on any atom is -0.381 e. The molecule has 1 atom stereocenters. The average Bonchev–Trinajstić information content (AvgIpc) is 2.25. The van der Waals surface area contributed by atoms with Crippen molar-refractivity contribution in [3.8, 4) is 0 Å². The number of rotatable bonds is 6. The fourth-order valence-corrected chi connectivity index (χ4v) is 1.33. The molecule has 0 heterocycles. The Bertz CT molecular complexity index is 311. The van der Waals surface area contributed by atoms with Crippen LogP contribution < -0.4 is 5.32 Å². The number of ether oxygens (including phenoxy) is 1. The Balaban J connectivity index is 4.25. The van der Waals surface area contributed by atoms with Gasteiger partial charge in [-0.25, -0.2) is 0 Å². The summed E-state index contributed by atoms with van der Waals surface area (Å²) in [4.78, 5) is 10.6. The number of carbonyl (C=O) groups excluding carboxylic acids is 1. The van der Waals surface area contributed by atoms with Crippen LogP contribution in [0.1, 0.15) is 27.2 Å². The first kappa shape index (κ1) is 17.0. The van der Waals surface area contributed by atoms with Crippen LogP contribution in [-0.2, 0) is 9.53 Å². The third-order valence-electron chi connectivity index (χ3n) is 3.25. The molecule has 0 bridgehead atoms. The Morgan fingerprint density at radius 3 is 2.28 bits per heavy atom. The second-order valence-corrected chi connectivity index (χ2v) is 4.71. The van der Waals surface area contributed by atoms with Crippen molar-refractivity contribution in [3.05, 3.63) is 12.2 Å². The molecule has 0 radical (unpaired) electrons. The first-order valence-corrected chi connectivity index (χ1v) is 5.59. The Morgan fingerprint density at radius 1 is 1.39 bits per heavy atom. The molecule has 0 unspecified atom stereocenters. The molecule has 3 nitrogen and oxygen atoms in total. The van der Waals surface area contributed by atoms with E-state index in [2.05, 4.69) is 6.58 Å². The maximum atomic E-state index is 11.9. The predicted octanol–water partition coefficient (Wildman–Crippen LogP) is 2.67. The number of nitrogens with one attached hydrogen (secondary N) is 1. The van der Waals surface area contributed by atoms with Crippen LogP contribution in [0.15, 0.2) is 12.2 Å². The van der Waals surface area contributed by atoms with E-state index in [0.29, 0.717) is 0 Å². The third kappa shape index (κ3) is 4.68. The summed E-state index contributed by atoms with van der Waals surface area (Å²) in [6, 6.07) is 0. The maximum absolute atomic E-state index is 11.9. The lowest BCUT2D eigenvalue weighted by Crippen LogP contribution is -2.38. The molecule has 0 rings (SSSR count). The van der Waals surface area contributed by atoms with Gasteiger partial charge in [0.2, 0.25) is 0 Å². The van der Waals surface area contributed by atoms with Crippen LogP contribution in [0, 0.1) is 5.41 Å². The first-order chi connectivity index (χ1) is 8.03. The molecule has 0 aliphatic carbocycles. The monoisotopic (exact) mass is 267 g/mol. The van der Waals surface area contributed by atoms with Gasteiger partial charge < -0.3 is 10.1 Å². The van der Waals surface area contributed by atoms with Crippen molar-refractivity contribution >= 4 is 5.91 Å². The highest BCUT2D eigenvalue weighted by molar-refractivity contribution is 5.81. The van der Waals surface area contributed by atoms with E-state index >= 15 is 0 Å². The van der Waals surface area contributed by atoms with E-state index in [-0.39, 0.29) is 24.5 Å². The molecule has 1 N–H and O–H groups in total. The van der Waals surface area contributed by atoms with Gasteiger partial charge >= 0.3 is 12.1 Å². The molecule has 0 spiro atoms. The summed E-state index contributed by atoms with van der Waals surface area (Å²) in [5.74, 6) is -1.92. The van der Waals surface area contributed by atoms with Crippen LogP contribution in [0.2, 0.25) is 0 Å². The Labute approximate surface area is 105 Å². The van der Waals surface area contributed by atoms with Gasteiger partial charge in [-0.15, -0.1) is 0 Å². The molecular weight excluding hydrogens is 247 g/mol. The third-order valence-corrected chi connectivity index (χ3v) is 3.25. The second kappa shape index (κ2) is 6.22. The summed E-state index contributed by atoms with van der Waals surface area (Å²) < 4.78 is 41.0.